The van der Waals surface area contributed by atoms with Gasteiger partial charge in [-0.1, -0.05) is 104 Å². The molecule has 0 aliphatic heterocycles. The fourth-order valence-corrected chi connectivity index (χ4v) is 4.10. The zero-order chi connectivity index (χ0) is 23.8. The lowest BCUT2D eigenvalue weighted by Gasteiger charge is -2.12. The molecule has 0 bridgehead atoms. The number of nitriles is 1. The van der Waals surface area contributed by atoms with E-state index in [1.54, 1.807) is 6.07 Å². The second-order valence-electron chi connectivity index (χ2n) is 8.76. The van der Waals surface area contributed by atoms with Gasteiger partial charge in [0.25, 0.3) is 0 Å². The molecule has 0 fully saturated rings. The summed E-state index contributed by atoms with van der Waals surface area (Å²) in [4.78, 5) is 0. The minimum absolute atomic E-state index is 0.0938. The Morgan fingerprint density at radius 3 is 1.88 bits per heavy atom. The molecule has 0 N–H and O–H groups in total. The van der Waals surface area contributed by atoms with Crippen LogP contribution in [0.25, 0.3) is 12.2 Å². The molecule has 0 radical (unpaired) electrons. The Kier molecular flexibility index (Phi) is 7.68. The zero-order valence-corrected chi connectivity index (χ0v) is 19.4. The summed E-state index contributed by atoms with van der Waals surface area (Å²) in [6, 6.07) is 34.6. The molecular weight excluding hydrogens is 417 g/mol. The predicted molar refractivity (Wildman–Crippen MR) is 139 cm³/mol. The van der Waals surface area contributed by atoms with Crippen molar-refractivity contribution < 1.29 is 4.39 Å². The quantitative estimate of drug-likeness (QED) is 0.252. The highest BCUT2D eigenvalue weighted by Gasteiger charge is 2.06. The van der Waals surface area contributed by atoms with Crippen LogP contribution in [0.4, 0.5) is 4.39 Å². The molecule has 1 nitrogen and oxygen atoms in total. The SMILES string of the molecule is C[C@@H](Cc1ccc(C=Cc2ccc(CCc3ccc(C#N)c(F)c3)cc2)cc1)c1ccccc1. The van der Waals surface area contributed by atoms with E-state index in [0.717, 1.165) is 30.4 Å². The van der Waals surface area contributed by atoms with E-state index in [0.29, 0.717) is 5.92 Å². The van der Waals surface area contributed by atoms with Gasteiger partial charge in [-0.25, -0.2) is 4.39 Å². The summed E-state index contributed by atoms with van der Waals surface area (Å²) in [7, 11) is 0. The van der Waals surface area contributed by atoms with Crippen molar-refractivity contribution in [2.45, 2.75) is 32.1 Å². The molecule has 0 heterocycles. The second-order valence-corrected chi connectivity index (χ2v) is 8.76. The van der Waals surface area contributed by atoms with Crippen LogP contribution in [-0.4, -0.2) is 0 Å². The third kappa shape index (κ3) is 6.30. The minimum atomic E-state index is -0.445. The van der Waals surface area contributed by atoms with Gasteiger partial charge >= 0.3 is 0 Å². The van der Waals surface area contributed by atoms with Crippen LogP contribution in [0.3, 0.4) is 0 Å². The molecule has 4 aromatic carbocycles. The minimum Gasteiger partial charge on any atom is -0.206 e. The molecule has 0 unspecified atom stereocenters. The highest BCUT2D eigenvalue weighted by atomic mass is 19.1. The van der Waals surface area contributed by atoms with Gasteiger partial charge < -0.3 is 0 Å². The first-order valence-corrected chi connectivity index (χ1v) is 11.7. The number of rotatable bonds is 8. The van der Waals surface area contributed by atoms with Gasteiger partial charge in [0.2, 0.25) is 0 Å². The molecule has 0 aromatic heterocycles. The molecule has 0 saturated carbocycles. The van der Waals surface area contributed by atoms with E-state index in [2.05, 4.69) is 97.9 Å². The fourth-order valence-electron chi connectivity index (χ4n) is 4.10. The van der Waals surface area contributed by atoms with Crippen LogP contribution in [0.1, 0.15) is 51.8 Å². The maximum Gasteiger partial charge on any atom is 0.141 e. The smallest absolute Gasteiger partial charge is 0.141 e. The van der Waals surface area contributed by atoms with E-state index in [-0.39, 0.29) is 5.56 Å². The van der Waals surface area contributed by atoms with E-state index < -0.39 is 5.82 Å². The van der Waals surface area contributed by atoms with Crippen LogP contribution in [-0.2, 0) is 19.3 Å². The van der Waals surface area contributed by atoms with Gasteiger partial charge in [-0.3, -0.25) is 0 Å². The van der Waals surface area contributed by atoms with Gasteiger partial charge in [0.15, 0.2) is 0 Å². The van der Waals surface area contributed by atoms with Gasteiger partial charge in [0, 0.05) is 0 Å². The molecule has 2 heteroatoms. The van der Waals surface area contributed by atoms with Crippen molar-refractivity contribution in [1.82, 2.24) is 0 Å². The lowest BCUT2D eigenvalue weighted by Crippen LogP contribution is -1.98. The van der Waals surface area contributed by atoms with Crippen molar-refractivity contribution >= 4 is 12.2 Å². The number of halogens is 1. The molecule has 0 spiro atoms. The molecule has 0 aliphatic rings. The normalized spacial score (nSPS) is 11.9. The lowest BCUT2D eigenvalue weighted by molar-refractivity contribution is 0.621. The largest absolute Gasteiger partial charge is 0.206 e. The first-order valence-electron chi connectivity index (χ1n) is 11.7. The molecule has 0 saturated heterocycles. The van der Waals surface area contributed by atoms with Gasteiger partial charge in [0.05, 0.1) is 5.56 Å². The average Bonchev–Trinajstić information content (AvgIpc) is 2.88. The van der Waals surface area contributed by atoms with Gasteiger partial charge in [-0.2, -0.15) is 5.26 Å². The number of nitrogens with zero attached hydrogens (tertiary/aromatic N) is 1. The number of hydrogen-bond acceptors (Lipinski definition) is 1. The summed E-state index contributed by atoms with van der Waals surface area (Å²) in [6.45, 7) is 2.27. The Hall–Kier alpha value is -3.96. The first-order chi connectivity index (χ1) is 16.6. The van der Waals surface area contributed by atoms with Crippen LogP contribution in [0.2, 0.25) is 0 Å². The van der Waals surface area contributed by atoms with Crippen molar-refractivity contribution in [1.29, 1.82) is 5.26 Å². The first kappa shape index (κ1) is 23.2. The molecule has 168 valence electrons. The lowest BCUT2D eigenvalue weighted by atomic mass is 9.93. The molecule has 34 heavy (non-hydrogen) atoms. The maximum absolute atomic E-state index is 13.8. The third-order valence-electron chi connectivity index (χ3n) is 6.19. The molecule has 4 rings (SSSR count). The van der Waals surface area contributed by atoms with Crippen LogP contribution in [0.15, 0.2) is 97.1 Å². The summed E-state index contributed by atoms with van der Waals surface area (Å²) in [5.74, 6) is 0.0521. The van der Waals surface area contributed by atoms with Crippen LogP contribution < -0.4 is 0 Å². The Morgan fingerprint density at radius 1 is 0.735 bits per heavy atom. The zero-order valence-electron chi connectivity index (χ0n) is 19.4. The monoisotopic (exact) mass is 445 g/mol. The summed E-state index contributed by atoms with van der Waals surface area (Å²) in [5, 5.41) is 8.85. The van der Waals surface area contributed by atoms with Crippen molar-refractivity contribution in [2.75, 3.05) is 0 Å². The Labute approximate surface area is 201 Å². The number of aryl methyl sites for hydroxylation is 2. The number of hydrogen-bond donors (Lipinski definition) is 0. The van der Waals surface area contributed by atoms with E-state index in [1.807, 2.05) is 12.1 Å². The third-order valence-corrected chi connectivity index (χ3v) is 6.19. The van der Waals surface area contributed by atoms with Gasteiger partial charge in [-0.15, -0.1) is 0 Å². The number of benzene rings is 4. The second kappa shape index (κ2) is 11.3. The molecule has 1 atom stereocenters. The van der Waals surface area contributed by atoms with Crippen LogP contribution in [0, 0.1) is 17.1 Å². The predicted octanol–water partition coefficient (Wildman–Crippen LogP) is 8.00. The Balaban J connectivity index is 1.30. The fraction of sp³-hybridized carbons (Fsp3) is 0.156. The summed E-state index contributed by atoms with van der Waals surface area (Å²) >= 11 is 0. The molecule has 0 amide bonds. The van der Waals surface area contributed by atoms with E-state index >= 15 is 0 Å². The van der Waals surface area contributed by atoms with Crippen molar-refractivity contribution in [3.8, 4) is 6.07 Å². The summed E-state index contributed by atoms with van der Waals surface area (Å²) in [5.41, 5.74) is 7.26. The molecular formula is C32H28FN. The maximum atomic E-state index is 13.8. The average molecular weight is 446 g/mol. The van der Waals surface area contributed by atoms with E-state index in [9.17, 15) is 4.39 Å². The summed E-state index contributed by atoms with van der Waals surface area (Å²) in [6.07, 6.45) is 6.87. The van der Waals surface area contributed by atoms with E-state index in [1.165, 1.54) is 28.3 Å². The molecule has 4 aromatic rings. The summed E-state index contributed by atoms with van der Waals surface area (Å²) < 4.78 is 13.8. The van der Waals surface area contributed by atoms with Gasteiger partial charge in [-0.05, 0) is 70.7 Å². The van der Waals surface area contributed by atoms with Gasteiger partial charge in [0.1, 0.15) is 11.9 Å². The highest BCUT2D eigenvalue weighted by Crippen LogP contribution is 2.21. The van der Waals surface area contributed by atoms with Crippen molar-refractivity contribution in [3.05, 3.63) is 142 Å². The standard InChI is InChI=1S/C32H28FN/c1-24(30-5-3-2-4-6-30)21-28-16-13-27(14-17-28)12-9-25-7-10-26(11-8-25)15-18-29-19-20-31(23-34)32(33)22-29/h2-14,16-17,19-20,22,24H,15,18,21H2,1H3/t24-/m0/s1. The van der Waals surface area contributed by atoms with Crippen molar-refractivity contribution in [2.24, 2.45) is 0 Å². The topological polar surface area (TPSA) is 23.8 Å². The van der Waals surface area contributed by atoms with Crippen LogP contribution >= 0.6 is 0 Å². The van der Waals surface area contributed by atoms with Crippen molar-refractivity contribution in [3.63, 3.8) is 0 Å². The van der Waals surface area contributed by atoms with Crippen LogP contribution in [0.5, 0.6) is 0 Å². The Bertz CT molecular complexity index is 1280. The highest BCUT2D eigenvalue weighted by molar-refractivity contribution is 5.69. The Morgan fingerprint density at radius 2 is 1.29 bits per heavy atom. The van der Waals surface area contributed by atoms with E-state index in [4.69, 9.17) is 5.26 Å². The molecule has 0 aliphatic carbocycles.